The summed E-state index contributed by atoms with van der Waals surface area (Å²) >= 11 is 0. The average Bonchev–Trinajstić information content (AvgIpc) is 3.28. The number of aryl methyl sites for hydroxylation is 2. The number of aliphatic hydroxyl groups excluding tert-OH is 1. The Bertz CT molecular complexity index is 1500. The summed E-state index contributed by atoms with van der Waals surface area (Å²) in [6.07, 6.45) is -0.574. The minimum atomic E-state index is -4.91. The zero-order valence-corrected chi connectivity index (χ0v) is 22.7. The van der Waals surface area contributed by atoms with E-state index in [1.807, 2.05) is 35.2 Å². The van der Waals surface area contributed by atoms with Crippen molar-refractivity contribution in [2.24, 2.45) is 7.05 Å². The van der Waals surface area contributed by atoms with E-state index in [0.717, 1.165) is 31.9 Å². The van der Waals surface area contributed by atoms with Crippen LogP contribution in [0.3, 0.4) is 0 Å². The number of sulfonamides is 1. The molecule has 0 saturated carbocycles. The van der Waals surface area contributed by atoms with E-state index in [2.05, 4.69) is 31.1 Å². The summed E-state index contributed by atoms with van der Waals surface area (Å²) in [5.74, 6) is -0.192. The van der Waals surface area contributed by atoms with Gasteiger partial charge in [0.1, 0.15) is 4.90 Å². The molecule has 1 unspecified atom stereocenters. The Morgan fingerprint density at radius 3 is 2.41 bits per heavy atom. The van der Waals surface area contributed by atoms with Crippen molar-refractivity contribution in [2.75, 3.05) is 26.2 Å². The number of fused-ring (bicyclic) bond motifs is 1. The van der Waals surface area contributed by atoms with Gasteiger partial charge < -0.3 is 5.11 Å². The van der Waals surface area contributed by atoms with Gasteiger partial charge in [-0.05, 0) is 41.7 Å². The van der Waals surface area contributed by atoms with Crippen molar-refractivity contribution in [3.8, 4) is 11.1 Å². The van der Waals surface area contributed by atoms with Crippen molar-refractivity contribution in [1.82, 2.24) is 19.0 Å². The summed E-state index contributed by atoms with van der Waals surface area (Å²) in [6, 6.07) is 13.6. The first kappa shape index (κ1) is 27.6. The summed E-state index contributed by atoms with van der Waals surface area (Å²) < 4.78 is 69.9. The molecule has 3 heterocycles. The molecule has 0 radical (unpaired) electrons. The quantitative estimate of drug-likeness (QED) is 0.476. The van der Waals surface area contributed by atoms with E-state index in [-0.39, 0.29) is 37.7 Å². The first-order valence-corrected chi connectivity index (χ1v) is 14.2. The zero-order valence-electron chi connectivity index (χ0n) is 21.9. The number of rotatable bonds is 5. The van der Waals surface area contributed by atoms with Gasteiger partial charge in [0.2, 0.25) is 10.0 Å². The number of nitrogens with zero attached hydrogens (tertiary/aromatic N) is 4. The van der Waals surface area contributed by atoms with Crippen LogP contribution in [0.2, 0.25) is 0 Å². The Balaban J connectivity index is 1.47. The molecule has 1 saturated heterocycles. The van der Waals surface area contributed by atoms with Crippen molar-refractivity contribution in [3.63, 3.8) is 0 Å². The average molecular weight is 561 g/mol. The number of halogens is 3. The van der Waals surface area contributed by atoms with Crippen LogP contribution in [-0.4, -0.2) is 70.8 Å². The van der Waals surface area contributed by atoms with Gasteiger partial charge in [-0.1, -0.05) is 54.6 Å². The van der Waals surface area contributed by atoms with E-state index in [0.29, 0.717) is 6.54 Å². The van der Waals surface area contributed by atoms with Gasteiger partial charge in [-0.25, -0.2) is 8.42 Å². The van der Waals surface area contributed by atoms with Crippen LogP contribution in [0.25, 0.3) is 11.1 Å². The molecular weight excluding hydrogens is 529 g/mol. The maximum Gasteiger partial charge on any atom is 0.436 e. The second kappa shape index (κ2) is 10.2. The van der Waals surface area contributed by atoms with E-state index >= 15 is 0 Å². The standard InChI is InChI=1S/C28H31F3N4O3S/c1-18-7-6-8-22(19(18)2)20-9-11-21(12-10-20)26-23-15-34(13-4-5-14-35(23)24(26)17-36)39(37,38)25-16-33(3)32-27(25)28(29,30)31/h4-12,16,23-24,26,36H,13-15,17H2,1-3H3/b5-4-/t23?,24-,26+/m1/s1. The second-order valence-electron chi connectivity index (χ2n) is 10.2. The third-order valence-corrected chi connectivity index (χ3v) is 9.78. The molecule has 208 valence electrons. The maximum atomic E-state index is 13.6. The summed E-state index contributed by atoms with van der Waals surface area (Å²) in [6.45, 7) is 4.46. The fraction of sp³-hybridized carbons (Fsp3) is 0.393. The highest BCUT2D eigenvalue weighted by Crippen LogP contribution is 2.43. The van der Waals surface area contributed by atoms with Crippen LogP contribution in [0, 0.1) is 13.8 Å². The molecule has 3 aromatic rings. The van der Waals surface area contributed by atoms with Gasteiger partial charge >= 0.3 is 6.18 Å². The predicted molar refractivity (Wildman–Crippen MR) is 142 cm³/mol. The molecule has 1 N–H and O–H groups in total. The zero-order chi connectivity index (χ0) is 28.1. The SMILES string of the molecule is Cc1cccc(-c2ccc([C@H]3C4CN(S(=O)(=O)c5cn(C)nc5C(F)(F)F)C/C=C\CN4[C@@H]3CO)cc2)c1C. The normalized spacial score (nSPS) is 23.5. The van der Waals surface area contributed by atoms with Crippen LogP contribution >= 0.6 is 0 Å². The topological polar surface area (TPSA) is 78.7 Å². The maximum absolute atomic E-state index is 13.6. The number of hydrogen-bond acceptors (Lipinski definition) is 5. The Morgan fingerprint density at radius 2 is 1.74 bits per heavy atom. The molecular formula is C28H31F3N4O3S. The molecule has 7 nitrogen and oxygen atoms in total. The Kier molecular flexibility index (Phi) is 7.21. The molecule has 1 fully saturated rings. The minimum absolute atomic E-state index is 0.0151. The molecule has 2 aromatic carbocycles. The summed E-state index contributed by atoms with van der Waals surface area (Å²) in [7, 11) is -3.25. The third-order valence-electron chi connectivity index (χ3n) is 7.94. The molecule has 0 bridgehead atoms. The third kappa shape index (κ3) is 4.93. The lowest BCUT2D eigenvalue weighted by Gasteiger charge is -2.56. The van der Waals surface area contributed by atoms with E-state index in [1.165, 1.54) is 18.2 Å². The highest BCUT2D eigenvalue weighted by Gasteiger charge is 2.51. The van der Waals surface area contributed by atoms with Gasteiger partial charge in [-0.3, -0.25) is 9.58 Å². The fourth-order valence-corrected chi connectivity index (χ4v) is 7.37. The number of alkyl halides is 3. The van der Waals surface area contributed by atoms with Gasteiger partial charge in [-0.15, -0.1) is 0 Å². The van der Waals surface area contributed by atoms with E-state index in [9.17, 15) is 26.7 Å². The number of benzene rings is 2. The highest BCUT2D eigenvalue weighted by atomic mass is 32.2. The van der Waals surface area contributed by atoms with Crippen molar-refractivity contribution >= 4 is 10.0 Å². The highest BCUT2D eigenvalue weighted by molar-refractivity contribution is 7.89. The molecule has 5 rings (SSSR count). The van der Waals surface area contributed by atoms with E-state index in [1.54, 1.807) is 12.2 Å². The predicted octanol–water partition coefficient (Wildman–Crippen LogP) is 4.11. The van der Waals surface area contributed by atoms with E-state index in [4.69, 9.17) is 0 Å². The summed E-state index contributed by atoms with van der Waals surface area (Å²) in [5, 5.41) is 13.6. The van der Waals surface area contributed by atoms with Crippen LogP contribution in [0.1, 0.15) is 28.3 Å². The van der Waals surface area contributed by atoms with Crippen molar-refractivity contribution < 1.29 is 26.7 Å². The fourth-order valence-electron chi connectivity index (χ4n) is 5.77. The Morgan fingerprint density at radius 1 is 1.05 bits per heavy atom. The van der Waals surface area contributed by atoms with Gasteiger partial charge in [0, 0.05) is 50.9 Å². The number of hydrogen-bond donors (Lipinski definition) is 1. The molecule has 1 aromatic heterocycles. The van der Waals surface area contributed by atoms with Crippen LogP contribution in [0.5, 0.6) is 0 Å². The Labute approximate surface area is 226 Å². The number of aromatic nitrogens is 2. The first-order chi connectivity index (χ1) is 18.4. The smallest absolute Gasteiger partial charge is 0.395 e. The summed E-state index contributed by atoms with van der Waals surface area (Å²) in [4.78, 5) is 1.15. The molecule has 0 spiro atoms. The molecule has 0 aliphatic carbocycles. The molecule has 2 aliphatic rings. The van der Waals surface area contributed by atoms with Crippen molar-refractivity contribution in [1.29, 1.82) is 0 Å². The largest absolute Gasteiger partial charge is 0.436 e. The lowest BCUT2D eigenvalue weighted by atomic mass is 9.74. The molecule has 11 heteroatoms. The molecule has 2 aliphatic heterocycles. The van der Waals surface area contributed by atoms with Crippen molar-refractivity contribution in [2.45, 2.75) is 42.9 Å². The lowest BCUT2D eigenvalue weighted by Crippen LogP contribution is -2.67. The van der Waals surface area contributed by atoms with Crippen LogP contribution in [-0.2, 0) is 23.2 Å². The van der Waals surface area contributed by atoms with E-state index < -0.39 is 26.8 Å². The van der Waals surface area contributed by atoms with Crippen LogP contribution in [0.15, 0.2) is 65.7 Å². The Hall–Kier alpha value is -2.99. The number of aliphatic hydroxyl groups is 1. The van der Waals surface area contributed by atoms with Gasteiger partial charge in [0.15, 0.2) is 5.69 Å². The molecule has 39 heavy (non-hydrogen) atoms. The van der Waals surface area contributed by atoms with Gasteiger partial charge in [0.25, 0.3) is 0 Å². The van der Waals surface area contributed by atoms with Gasteiger partial charge in [0.05, 0.1) is 6.61 Å². The first-order valence-electron chi connectivity index (χ1n) is 12.7. The monoisotopic (exact) mass is 560 g/mol. The summed E-state index contributed by atoms with van der Waals surface area (Å²) in [5.41, 5.74) is 4.09. The van der Waals surface area contributed by atoms with Crippen LogP contribution in [0.4, 0.5) is 13.2 Å². The van der Waals surface area contributed by atoms with Crippen molar-refractivity contribution in [3.05, 3.63) is 83.2 Å². The molecule has 3 atom stereocenters. The van der Waals surface area contributed by atoms with Crippen LogP contribution < -0.4 is 0 Å². The van der Waals surface area contributed by atoms with Gasteiger partial charge in [-0.2, -0.15) is 22.6 Å². The second-order valence-corrected chi connectivity index (χ2v) is 12.1. The lowest BCUT2D eigenvalue weighted by molar-refractivity contribution is -0.143. The minimum Gasteiger partial charge on any atom is -0.395 e. The molecule has 0 amide bonds.